The SMILES string of the molecule is C=CCCc1cc(Cl)nc(C2CC2)n1. The van der Waals surface area contributed by atoms with Crippen LogP contribution in [0.1, 0.15) is 36.7 Å². The molecule has 0 aliphatic heterocycles. The summed E-state index contributed by atoms with van der Waals surface area (Å²) < 4.78 is 0. The number of nitrogens with zero attached hydrogens (tertiary/aromatic N) is 2. The molecule has 1 fully saturated rings. The van der Waals surface area contributed by atoms with Crippen molar-refractivity contribution in [1.29, 1.82) is 0 Å². The summed E-state index contributed by atoms with van der Waals surface area (Å²) in [6, 6.07) is 1.84. The van der Waals surface area contributed by atoms with Gasteiger partial charge in [0, 0.05) is 11.6 Å². The monoisotopic (exact) mass is 208 g/mol. The van der Waals surface area contributed by atoms with Crippen LogP contribution in [-0.2, 0) is 6.42 Å². The van der Waals surface area contributed by atoms with Gasteiger partial charge in [-0.2, -0.15) is 0 Å². The Balaban J connectivity index is 2.17. The maximum absolute atomic E-state index is 5.92. The largest absolute Gasteiger partial charge is 0.238 e. The molecule has 1 aromatic rings. The molecule has 2 nitrogen and oxygen atoms in total. The first-order valence-electron chi connectivity index (χ1n) is 4.94. The fourth-order valence-electron chi connectivity index (χ4n) is 1.39. The zero-order chi connectivity index (χ0) is 9.97. The maximum Gasteiger partial charge on any atom is 0.133 e. The van der Waals surface area contributed by atoms with Crippen LogP contribution >= 0.6 is 11.6 Å². The lowest BCUT2D eigenvalue weighted by Crippen LogP contribution is -1.98. The highest BCUT2D eigenvalue weighted by Gasteiger charge is 2.27. The average molecular weight is 209 g/mol. The number of hydrogen-bond acceptors (Lipinski definition) is 2. The first kappa shape index (κ1) is 9.66. The van der Waals surface area contributed by atoms with E-state index in [1.54, 1.807) is 0 Å². The maximum atomic E-state index is 5.92. The minimum Gasteiger partial charge on any atom is -0.238 e. The van der Waals surface area contributed by atoms with Crippen molar-refractivity contribution < 1.29 is 0 Å². The molecule has 1 aliphatic carbocycles. The second-order valence-electron chi connectivity index (χ2n) is 3.64. The fraction of sp³-hybridized carbons (Fsp3) is 0.455. The van der Waals surface area contributed by atoms with Gasteiger partial charge in [0.05, 0.1) is 0 Å². The van der Waals surface area contributed by atoms with E-state index < -0.39 is 0 Å². The van der Waals surface area contributed by atoms with E-state index in [9.17, 15) is 0 Å². The highest BCUT2D eigenvalue weighted by atomic mass is 35.5. The lowest BCUT2D eigenvalue weighted by atomic mass is 10.2. The van der Waals surface area contributed by atoms with Gasteiger partial charge in [0.2, 0.25) is 0 Å². The van der Waals surface area contributed by atoms with Crippen molar-refractivity contribution in [1.82, 2.24) is 9.97 Å². The average Bonchev–Trinajstić information content (AvgIpc) is 2.97. The van der Waals surface area contributed by atoms with Crippen molar-refractivity contribution >= 4 is 11.6 Å². The number of aryl methyl sites for hydroxylation is 1. The molecule has 0 radical (unpaired) electrons. The molecule has 1 heterocycles. The van der Waals surface area contributed by atoms with Crippen LogP contribution in [0, 0.1) is 0 Å². The number of rotatable bonds is 4. The van der Waals surface area contributed by atoms with Crippen LogP contribution in [0.4, 0.5) is 0 Å². The summed E-state index contributed by atoms with van der Waals surface area (Å²) in [4.78, 5) is 8.72. The van der Waals surface area contributed by atoms with E-state index in [0.29, 0.717) is 11.1 Å². The summed E-state index contributed by atoms with van der Waals surface area (Å²) in [6.45, 7) is 3.69. The Labute approximate surface area is 89.0 Å². The Morgan fingerprint density at radius 3 is 2.93 bits per heavy atom. The Morgan fingerprint density at radius 1 is 1.50 bits per heavy atom. The van der Waals surface area contributed by atoms with Gasteiger partial charge in [-0.3, -0.25) is 0 Å². The standard InChI is InChI=1S/C11H13ClN2/c1-2-3-4-9-7-10(12)14-11(13-9)8-5-6-8/h2,7-8H,1,3-6H2. The van der Waals surface area contributed by atoms with E-state index >= 15 is 0 Å². The van der Waals surface area contributed by atoms with Crippen LogP contribution in [0.3, 0.4) is 0 Å². The van der Waals surface area contributed by atoms with Gasteiger partial charge < -0.3 is 0 Å². The summed E-state index contributed by atoms with van der Waals surface area (Å²) in [5.41, 5.74) is 1.03. The van der Waals surface area contributed by atoms with Crippen LogP contribution in [0.5, 0.6) is 0 Å². The molecule has 0 saturated heterocycles. The van der Waals surface area contributed by atoms with E-state index in [1.807, 2.05) is 12.1 Å². The molecule has 1 saturated carbocycles. The summed E-state index contributed by atoms with van der Waals surface area (Å²) in [7, 11) is 0. The molecule has 1 aliphatic rings. The molecule has 0 amide bonds. The van der Waals surface area contributed by atoms with Gasteiger partial charge in [-0.05, 0) is 31.7 Å². The predicted molar refractivity (Wildman–Crippen MR) is 57.5 cm³/mol. The van der Waals surface area contributed by atoms with E-state index in [2.05, 4.69) is 16.5 Å². The Hall–Kier alpha value is -0.890. The van der Waals surface area contributed by atoms with Crippen molar-refractivity contribution in [2.75, 3.05) is 0 Å². The molecule has 0 aromatic carbocycles. The molecule has 0 N–H and O–H groups in total. The lowest BCUT2D eigenvalue weighted by molar-refractivity contribution is 0.855. The first-order chi connectivity index (χ1) is 6.79. The smallest absolute Gasteiger partial charge is 0.133 e. The summed E-state index contributed by atoms with van der Waals surface area (Å²) in [5.74, 6) is 1.49. The van der Waals surface area contributed by atoms with Crippen LogP contribution < -0.4 is 0 Å². The van der Waals surface area contributed by atoms with Crippen molar-refractivity contribution in [3.63, 3.8) is 0 Å². The topological polar surface area (TPSA) is 25.8 Å². The van der Waals surface area contributed by atoms with Gasteiger partial charge in [0.15, 0.2) is 0 Å². The van der Waals surface area contributed by atoms with Gasteiger partial charge in [-0.25, -0.2) is 9.97 Å². The van der Waals surface area contributed by atoms with Crippen molar-refractivity contribution in [2.24, 2.45) is 0 Å². The molecule has 0 spiro atoms. The van der Waals surface area contributed by atoms with Crippen molar-refractivity contribution in [3.05, 3.63) is 35.4 Å². The van der Waals surface area contributed by atoms with Gasteiger partial charge in [0.1, 0.15) is 11.0 Å². The van der Waals surface area contributed by atoms with Crippen molar-refractivity contribution in [2.45, 2.75) is 31.6 Å². The predicted octanol–water partition coefficient (Wildman–Crippen LogP) is 3.13. The number of aromatic nitrogens is 2. The van der Waals surface area contributed by atoms with E-state index in [4.69, 9.17) is 11.6 Å². The second-order valence-corrected chi connectivity index (χ2v) is 4.03. The number of hydrogen-bond donors (Lipinski definition) is 0. The Kier molecular flexibility index (Phi) is 2.82. The second kappa shape index (κ2) is 4.09. The van der Waals surface area contributed by atoms with Gasteiger partial charge in [-0.1, -0.05) is 17.7 Å². The van der Waals surface area contributed by atoms with Crippen LogP contribution in [0.25, 0.3) is 0 Å². The highest BCUT2D eigenvalue weighted by Crippen LogP contribution is 2.38. The molecule has 0 unspecified atom stereocenters. The zero-order valence-electron chi connectivity index (χ0n) is 8.04. The molecule has 74 valence electrons. The van der Waals surface area contributed by atoms with Gasteiger partial charge in [-0.15, -0.1) is 6.58 Å². The number of allylic oxidation sites excluding steroid dienone is 1. The highest BCUT2D eigenvalue weighted by molar-refractivity contribution is 6.29. The van der Waals surface area contributed by atoms with Crippen LogP contribution in [0.2, 0.25) is 5.15 Å². The quantitative estimate of drug-likeness (QED) is 0.561. The third-order valence-corrected chi connectivity index (χ3v) is 2.51. The zero-order valence-corrected chi connectivity index (χ0v) is 8.80. The number of halogens is 1. The van der Waals surface area contributed by atoms with Gasteiger partial charge in [0.25, 0.3) is 0 Å². The van der Waals surface area contributed by atoms with Crippen LogP contribution in [-0.4, -0.2) is 9.97 Å². The molecule has 14 heavy (non-hydrogen) atoms. The first-order valence-corrected chi connectivity index (χ1v) is 5.31. The summed E-state index contributed by atoms with van der Waals surface area (Å²) >= 11 is 5.92. The molecular formula is C11H13ClN2. The third-order valence-electron chi connectivity index (χ3n) is 2.31. The van der Waals surface area contributed by atoms with Crippen molar-refractivity contribution in [3.8, 4) is 0 Å². The molecule has 0 atom stereocenters. The Morgan fingerprint density at radius 2 is 2.29 bits per heavy atom. The molecule has 2 rings (SSSR count). The van der Waals surface area contributed by atoms with Gasteiger partial charge >= 0.3 is 0 Å². The Bertz CT molecular complexity index is 345. The fourth-order valence-corrected chi connectivity index (χ4v) is 1.60. The third kappa shape index (κ3) is 2.32. The minimum atomic E-state index is 0.566. The normalized spacial score (nSPS) is 15.5. The van der Waals surface area contributed by atoms with E-state index in [0.717, 1.165) is 24.4 Å². The summed E-state index contributed by atoms with van der Waals surface area (Å²) in [6.07, 6.45) is 6.16. The summed E-state index contributed by atoms with van der Waals surface area (Å²) in [5, 5.41) is 0.570. The lowest BCUT2D eigenvalue weighted by Gasteiger charge is -2.02. The molecule has 0 bridgehead atoms. The molecule has 3 heteroatoms. The molecule has 1 aromatic heterocycles. The minimum absolute atomic E-state index is 0.566. The van der Waals surface area contributed by atoms with Crippen LogP contribution in [0.15, 0.2) is 18.7 Å². The van der Waals surface area contributed by atoms with E-state index in [1.165, 1.54) is 12.8 Å². The molecular weight excluding hydrogens is 196 g/mol. The van der Waals surface area contributed by atoms with E-state index in [-0.39, 0.29) is 0 Å².